The molecule has 4 nitrogen and oxygen atoms in total. The van der Waals surface area contributed by atoms with Gasteiger partial charge >= 0.3 is 5.97 Å². The van der Waals surface area contributed by atoms with Crippen LogP contribution < -0.4 is 0 Å². The lowest BCUT2D eigenvalue weighted by molar-refractivity contribution is 0.0475. The number of rotatable bonds is 5. The van der Waals surface area contributed by atoms with Crippen LogP contribution in [-0.2, 0) is 4.74 Å². The van der Waals surface area contributed by atoms with Gasteiger partial charge in [0.1, 0.15) is 0 Å². The van der Waals surface area contributed by atoms with Gasteiger partial charge in [-0.1, -0.05) is 29.8 Å². The minimum atomic E-state index is -0.502. The second-order valence-corrected chi connectivity index (χ2v) is 6.36. The summed E-state index contributed by atoms with van der Waals surface area (Å²) in [5.41, 5.74) is 5.28. The third kappa shape index (κ3) is 3.75. The van der Waals surface area contributed by atoms with E-state index < -0.39 is 5.97 Å². The zero-order chi connectivity index (χ0) is 18.7. The van der Waals surface area contributed by atoms with Gasteiger partial charge in [-0.05, 0) is 57.2 Å². The van der Waals surface area contributed by atoms with Gasteiger partial charge in [-0.15, -0.1) is 0 Å². The predicted molar refractivity (Wildman–Crippen MR) is 101 cm³/mol. The van der Waals surface area contributed by atoms with E-state index in [1.54, 1.807) is 24.3 Å². The minimum Gasteiger partial charge on any atom is -0.454 e. The fraction of sp³-hybridized carbons (Fsp3) is 0.182. The fourth-order valence-electron chi connectivity index (χ4n) is 2.86. The van der Waals surface area contributed by atoms with Crippen molar-refractivity contribution in [1.82, 2.24) is 4.57 Å². The quantitative estimate of drug-likeness (QED) is 0.506. The summed E-state index contributed by atoms with van der Waals surface area (Å²) in [6, 6.07) is 18.5. The van der Waals surface area contributed by atoms with Gasteiger partial charge in [-0.25, -0.2) is 4.79 Å². The molecule has 0 saturated carbocycles. The Labute approximate surface area is 153 Å². The van der Waals surface area contributed by atoms with Crippen LogP contribution in [0.4, 0.5) is 0 Å². The molecule has 3 rings (SSSR count). The molecule has 0 fully saturated rings. The van der Waals surface area contributed by atoms with Crippen LogP contribution in [-0.4, -0.2) is 22.9 Å². The molecule has 0 aliphatic heterocycles. The molecule has 0 atom stereocenters. The summed E-state index contributed by atoms with van der Waals surface area (Å²) in [6.45, 7) is 5.76. The number of benzene rings is 2. The first-order valence-corrected chi connectivity index (χ1v) is 8.48. The van der Waals surface area contributed by atoms with Crippen molar-refractivity contribution in [1.29, 1.82) is 0 Å². The van der Waals surface area contributed by atoms with Crippen LogP contribution in [0.15, 0.2) is 60.7 Å². The van der Waals surface area contributed by atoms with Gasteiger partial charge < -0.3 is 9.30 Å². The third-order valence-electron chi connectivity index (χ3n) is 4.34. The van der Waals surface area contributed by atoms with Crippen LogP contribution in [0.5, 0.6) is 0 Å². The molecule has 0 N–H and O–H groups in total. The van der Waals surface area contributed by atoms with Crippen LogP contribution in [0.1, 0.15) is 37.7 Å². The van der Waals surface area contributed by atoms with E-state index in [1.807, 2.05) is 57.2 Å². The second-order valence-electron chi connectivity index (χ2n) is 6.36. The lowest BCUT2D eigenvalue weighted by atomic mass is 10.1. The van der Waals surface area contributed by atoms with Crippen molar-refractivity contribution in [2.75, 3.05) is 6.61 Å². The highest BCUT2D eigenvalue weighted by Crippen LogP contribution is 2.17. The van der Waals surface area contributed by atoms with E-state index in [1.165, 1.54) is 0 Å². The fourth-order valence-corrected chi connectivity index (χ4v) is 2.86. The molecule has 1 heterocycles. The summed E-state index contributed by atoms with van der Waals surface area (Å²) < 4.78 is 7.26. The van der Waals surface area contributed by atoms with Crippen LogP contribution >= 0.6 is 0 Å². The Bertz CT molecular complexity index is 915. The molecule has 0 bridgehead atoms. The molecule has 0 aliphatic carbocycles. The molecular weight excluding hydrogens is 326 g/mol. The van der Waals surface area contributed by atoms with E-state index in [0.29, 0.717) is 11.1 Å². The molecule has 0 unspecified atom stereocenters. The number of carbonyl (C=O) groups excluding carboxylic acids is 2. The van der Waals surface area contributed by atoms with Gasteiger partial charge in [0.2, 0.25) is 0 Å². The lowest BCUT2D eigenvalue weighted by Crippen LogP contribution is -2.14. The number of Topliss-reactive ketones (excluding diaryl/α,β-unsaturated/α-hetero) is 1. The first-order valence-electron chi connectivity index (χ1n) is 8.48. The van der Waals surface area contributed by atoms with Crippen LogP contribution in [0.2, 0.25) is 0 Å². The minimum absolute atomic E-state index is 0.214. The number of nitrogens with zero attached hydrogens (tertiary/aromatic N) is 1. The summed E-state index contributed by atoms with van der Waals surface area (Å²) in [5.74, 6) is -0.716. The Balaban J connectivity index is 1.65. The Morgan fingerprint density at radius 1 is 0.769 bits per heavy atom. The van der Waals surface area contributed by atoms with E-state index in [2.05, 4.69) is 4.57 Å². The van der Waals surface area contributed by atoms with Crippen molar-refractivity contribution >= 4 is 11.8 Å². The number of hydrogen-bond donors (Lipinski definition) is 0. The van der Waals surface area contributed by atoms with Gasteiger partial charge in [0.25, 0.3) is 0 Å². The Morgan fingerprint density at radius 2 is 1.31 bits per heavy atom. The van der Waals surface area contributed by atoms with Crippen molar-refractivity contribution in [3.05, 3.63) is 88.7 Å². The summed E-state index contributed by atoms with van der Waals surface area (Å²) in [7, 11) is 0. The highest BCUT2D eigenvalue weighted by Gasteiger charge is 2.12. The lowest BCUT2D eigenvalue weighted by Gasteiger charge is -2.10. The summed E-state index contributed by atoms with van der Waals surface area (Å²) in [5, 5.41) is 0. The molecule has 0 radical (unpaired) electrons. The van der Waals surface area contributed by atoms with Crippen LogP contribution in [0, 0.1) is 20.8 Å². The maximum absolute atomic E-state index is 12.2. The molecule has 0 saturated heterocycles. The van der Waals surface area contributed by atoms with E-state index in [-0.39, 0.29) is 12.4 Å². The maximum Gasteiger partial charge on any atom is 0.338 e. The molecular formula is C22H21NO3. The Hall–Kier alpha value is -3.14. The summed E-state index contributed by atoms with van der Waals surface area (Å²) >= 11 is 0. The topological polar surface area (TPSA) is 48.3 Å². The molecule has 4 heteroatoms. The van der Waals surface area contributed by atoms with E-state index in [9.17, 15) is 9.59 Å². The summed E-state index contributed by atoms with van der Waals surface area (Å²) in [6.07, 6.45) is 0. The Kier molecular flexibility index (Phi) is 5.03. The SMILES string of the molecule is Cc1ccc(C(=O)COC(=O)c2ccc(-n3c(C)ccc3C)cc2)cc1. The highest BCUT2D eigenvalue weighted by atomic mass is 16.5. The smallest absolute Gasteiger partial charge is 0.338 e. The molecule has 2 aromatic carbocycles. The zero-order valence-corrected chi connectivity index (χ0v) is 15.2. The number of aromatic nitrogens is 1. The second kappa shape index (κ2) is 7.40. The predicted octanol–water partition coefficient (Wildman–Crippen LogP) is 4.44. The molecule has 0 aliphatic rings. The van der Waals surface area contributed by atoms with Crippen molar-refractivity contribution in [3.8, 4) is 5.69 Å². The van der Waals surface area contributed by atoms with Gasteiger partial charge in [0.15, 0.2) is 12.4 Å². The maximum atomic E-state index is 12.2. The number of ketones is 1. The van der Waals surface area contributed by atoms with Gasteiger partial charge in [-0.2, -0.15) is 0 Å². The largest absolute Gasteiger partial charge is 0.454 e. The molecule has 26 heavy (non-hydrogen) atoms. The average Bonchev–Trinajstić information content (AvgIpc) is 2.98. The van der Waals surface area contributed by atoms with Crippen LogP contribution in [0.25, 0.3) is 5.69 Å². The first kappa shape index (κ1) is 17.7. The molecule has 1 aromatic heterocycles. The zero-order valence-electron chi connectivity index (χ0n) is 15.2. The number of carbonyl (C=O) groups is 2. The number of aryl methyl sites for hydroxylation is 3. The standard InChI is InChI=1S/C22H21NO3/c1-15-4-8-18(9-5-15)21(24)14-26-22(25)19-10-12-20(13-11-19)23-16(2)6-7-17(23)3/h4-13H,14H2,1-3H3. The van der Waals surface area contributed by atoms with Gasteiger partial charge in [-0.3, -0.25) is 4.79 Å². The van der Waals surface area contributed by atoms with E-state index >= 15 is 0 Å². The van der Waals surface area contributed by atoms with Gasteiger partial charge in [0, 0.05) is 22.6 Å². The van der Waals surface area contributed by atoms with Crippen LogP contribution in [0.3, 0.4) is 0 Å². The highest BCUT2D eigenvalue weighted by molar-refractivity contribution is 5.99. The third-order valence-corrected chi connectivity index (χ3v) is 4.34. The van der Waals surface area contributed by atoms with Gasteiger partial charge in [0.05, 0.1) is 5.56 Å². The van der Waals surface area contributed by atoms with E-state index in [4.69, 9.17) is 4.74 Å². The first-order chi connectivity index (χ1) is 12.5. The van der Waals surface area contributed by atoms with Crippen molar-refractivity contribution < 1.29 is 14.3 Å². The number of esters is 1. The summed E-state index contributed by atoms with van der Waals surface area (Å²) in [4.78, 5) is 24.3. The Morgan fingerprint density at radius 3 is 1.88 bits per heavy atom. The molecule has 3 aromatic rings. The number of ether oxygens (including phenoxy) is 1. The van der Waals surface area contributed by atoms with Crippen molar-refractivity contribution in [3.63, 3.8) is 0 Å². The van der Waals surface area contributed by atoms with E-state index in [0.717, 1.165) is 22.6 Å². The molecule has 132 valence electrons. The average molecular weight is 347 g/mol. The van der Waals surface area contributed by atoms with Crippen molar-refractivity contribution in [2.24, 2.45) is 0 Å². The molecule has 0 spiro atoms. The molecule has 0 amide bonds. The monoisotopic (exact) mass is 347 g/mol. The van der Waals surface area contributed by atoms with Crippen molar-refractivity contribution in [2.45, 2.75) is 20.8 Å². The normalized spacial score (nSPS) is 10.6. The number of hydrogen-bond acceptors (Lipinski definition) is 3.